The van der Waals surface area contributed by atoms with Gasteiger partial charge < -0.3 is 14.4 Å². The SMILES string of the molecule is CN(Cc1ccc2c(c1)OCCO2)c1ncnc2sccc12. The second kappa shape index (κ2) is 5.46. The van der Waals surface area contributed by atoms with E-state index in [0.717, 1.165) is 39.6 Å². The van der Waals surface area contributed by atoms with Crippen molar-refractivity contribution in [3.8, 4) is 11.5 Å². The molecule has 2 aromatic heterocycles. The number of aromatic nitrogens is 2. The van der Waals surface area contributed by atoms with Crippen LogP contribution >= 0.6 is 11.3 Å². The molecule has 5 nitrogen and oxygen atoms in total. The number of hydrogen-bond donors (Lipinski definition) is 0. The van der Waals surface area contributed by atoms with Gasteiger partial charge in [-0.2, -0.15) is 0 Å². The Bertz CT molecular complexity index is 818. The molecule has 6 heteroatoms. The molecule has 4 rings (SSSR count). The summed E-state index contributed by atoms with van der Waals surface area (Å²) in [5.41, 5.74) is 1.16. The topological polar surface area (TPSA) is 47.5 Å². The molecular weight excluding hydrogens is 298 g/mol. The van der Waals surface area contributed by atoms with Crippen molar-refractivity contribution in [2.45, 2.75) is 6.54 Å². The molecule has 0 radical (unpaired) electrons. The van der Waals surface area contributed by atoms with E-state index in [-0.39, 0.29) is 0 Å². The predicted octanol–water partition coefficient (Wildman–Crippen LogP) is 3.10. The summed E-state index contributed by atoms with van der Waals surface area (Å²) in [5, 5.41) is 3.13. The molecule has 0 bridgehead atoms. The standard InChI is InChI=1S/C16H15N3O2S/c1-19(15-12-4-7-22-16(12)18-10-17-15)9-11-2-3-13-14(8-11)21-6-5-20-13/h2-4,7-8,10H,5-6,9H2,1H3. The highest BCUT2D eigenvalue weighted by atomic mass is 32.1. The third-order valence-corrected chi connectivity index (χ3v) is 4.45. The molecule has 3 aromatic rings. The first kappa shape index (κ1) is 13.3. The molecule has 0 spiro atoms. The van der Waals surface area contributed by atoms with Gasteiger partial charge in [-0.1, -0.05) is 6.07 Å². The minimum atomic E-state index is 0.605. The molecule has 1 aliphatic rings. The van der Waals surface area contributed by atoms with Gasteiger partial charge in [0.1, 0.15) is 30.2 Å². The van der Waals surface area contributed by atoms with Gasteiger partial charge >= 0.3 is 0 Å². The van der Waals surface area contributed by atoms with Gasteiger partial charge in [0.15, 0.2) is 11.5 Å². The molecule has 0 atom stereocenters. The van der Waals surface area contributed by atoms with Gasteiger partial charge in [-0.15, -0.1) is 11.3 Å². The van der Waals surface area contributed by atoms with E-state index in [9.17, 15) is 0 Å². The van der Waals surface area contributed by atoms with E-state index in [2.05, 4.69) is 27.0 Å². The highest BCUT2D eigenvalue weighted by Gasteiger charge is 2.14. The normalized spacial score (nSPS) is 13.3. The Morgan fingerprint density at radius 3 is 2.91 bits per heavy atom. The second-order valence-electron chi connectivity index (χ2n) is 5.17. The summed E-state index contributed by atoms with van der Waals surface area (Å²) < 4.78 is 11.2. The van der Waals surface area contributed by atoms with Crippen molar-refractivity contribution in [3.05, 3.63) is 41.5 Å². The van der Waals surface area contributed by atoms with Crippen LogP contribution in [0.4, 0.5) is 5.82 Å². The maximum Gasteiger partial charge on any atom is 0.161 e. The van der Waals surface area contributed by atoms with Gasteiger partial charge in [0.2, 0.25) is 0 Å². The Morgan fingerprint density at radius 2 is 2.00 bits per heavy atom. The molecular formula is C16H15N3O2S. The van der Waals surface area contributed by atoms with Crippen LogP contribution in [0, 0.1) is 0 Å². The molecule has 0 saturated carbocycles. The number of ether oxygens (including phenoxy) is 2. The number of thiophene rings is 1. The number of benzene rings is 1. The van der Waals surface area contributed by atoms with Crippen molar-refractivity contribution < 1.29 is 9.47 Å². The number of hydrogen-bond acceptors (Lipinski definition) is 6. The Balaban J connectivity index is 1.61. The summed E-state index contributed by atoms with van der Waals surface area (Å²) in [4.78, 5) is 11.9. The molecule has 0 amide bonds. The van der Waals surface area contributed by atoms with E-state index >= 15 is 0 Å². The lowest BCUT2D eigenvalue weighted by atomic mass is 10.2. The van der Waals surface area contributed by atoms with Gasteiger partial charge in [0, 0.05) is 13.6 Å². The molecule has 112 valence electrons. The van der Waals surface area contributed by atoms with Crippen molar-refractivity contribution in [3.63, 3.8) is 0 Å². The number of anilines is 1. The fourth-order valence-corrected chi connectivity index (χ4v) is 3.34. The van der Waals surface area contributed by atoms with Crippen molar-refractivity contribution in [2.75, 3.05) is 25.2 Å². The lowest BCUT2D eigenvalue weighted by Gasteiger charge is -2.22. The molecule has 0 N–H and O–H groups in total. The lowest BCUT2D eigenvalue weighted by molar-refractivity contribution is 0.171. The first-order chi connectivity index (χ1) is 10.8. The van der Waals surface area contributed by atoms with E-state index in [1.54, 1.807) is 17.7 Å². The number of nitrogens with zero attached hydrogens (tertiary/aromatic N) is 3. The van der Waals surface area contributed by atoms with Crippen molar-refractivity contribution in [1.29, 1.82) is 0 Å². The molecule has 1 aliphatic heterocycles. The van der Waals surface area contributed by atoms with E-state index in [4.69, 9.17) is 9.47 Å². The Morgan fingerprint density at radius 1 is 1.14 bits per heavy atom. The molecule has 3 heterocycles. The molecule has 0 unspecified atom stereocenters. The summed E-state index contributed by atoms with van der Waals surface area (Å²) in [6, 6.07) is 8.14. The predicted molar refractivity (Wildman–Crippen MR) is 87.0 cm³/mol. The van der Waals surface area contributed by atoms with Gasteiger partial charge in [-0.05, 0) is 29.1 Å². The maximum atomic E-state index is 5.64. The van der Waals surface area contributed by atoms with Gasteiger partial charge in [0.05, 0.1) is 5.39 Å². The number of rotatable bonds is 3. The Kier molecular flexibility index (Phi) is 3.31. The van der Waals surface area contributed by atoms with E-state index < -0.39 is 0 Å². The zero-order valence-electron chi connectivity index (χ0n) is 12.2. The van der Waals surface area contributed by atoms with Crippen LogP contribution in [0.15, 0.2) is 36.0 Å². The van der Waals surface area contributed by atoms with Crippen LogP contribution < -0.4 is 14.4 Å². The quantitative estimate of drug-likeness (QED) is 0.743. The first-order valence-corrected chi connectivity index (χ1v) is 7.97. The minimum Gasteiger partial charge on any atom is -0.486 e. The van der Waals surface area contributed by atoms with Gasteiger partial charge in [-0.25, -0.2) is 9.97 Å². The second-order valence-corrected chi connectivity index (χ2v) is 6.07. The van der Waals surface area contributed by atoms with E-state index in [0.29, 0.717) is 13.2 Å². The van der Waals surface area contributed by atoms with E-state index in [1.807, 2.05) is 24.6 Å². The van der Waals surface area contributed by atoms with Crippen LogP contribution in [0.1, 0.15) is 5.56 Å². The summed E-state index contributed by atoms with van der Waals surface area (Å²) in [6.45, 7) is 1.97. The summed E-state index contributed by atoms with van der Waals surface area (Å²) in [7, 11) is 2.04. The van der Waals surface area contributed by atoms with Crippen LogP contribution in [0.3, 0.4) is 0 Å². The molecule has 1 aromatic carbocycles. The molecule has 0 fully saturated rings. The molecule has 0 saturated heterocycles. The van der Waals surface area contributed by atoms with Crippen LogP contribution in [0.2, 0.25) is 0 Å². The Labute approximate surface area is 132 Å². The van der Waals surface area contributed by atoms with Crippen LogP contribution in [-0.4, -0.2) is 30.2 Å². The third-order valence-electron chi connectivity index (χ3n) is 3.63. The van der Waals surface area contributed by atoms with Crippen LogP contribution in [0.25, 0.3) is 10.2 Å². The lowest BCUT2D eigenvalue weighted by Crippen LogP contribution is -2.19. The Hall–Kier alpha value is -2.34. The largest absolute Gasteiger partial charge is 0.486 e. The van der Waals surface area contributed by atoms with Crippen molar-refractivity contribution in [2.24, 2.45) is 0 Å². The van der Waals surface area contributed by atoms with Crippen LogP contribution in [-0.2, 0) is 6.54 Å². The molecule has 22 heavy (non-hydrogen) atoms. The van der Waals surface area contributed by atoms with Gasteiger partial charge in [0.25, 0.3) is 0 Å². The highest BCUT2D eigenvalue weighted by molar-refractivity contribution is 7.16. The van der Waals surface area contributed by atoms with Crippen molar-refractivity contribution in [1.82, 2.24) is 9.97 Å². The summed E-state index contributed by atoms with van der Waals surface area (Å²) in [5.74, 6) is 2.58. The fourth-order valence-electron chi connectivity index (χ4n) is 2.62. The van der Waals surface area contributed by atoms with Crippen molar-refractivity contribution >= 4 is 27.4 Å². The third kappa shape index (κ3) is 2.35. The fraction of sp³-hybridized carbons (Fsp3) is 0.250. The zero-order valence-corrected chi connectivity index (χ0v) is 13.0. The molecule has 0 aliphatic carbocycles. The van der Waals surface area contributed by atoms with E-state index in [1.165, 1.54) is 0 Å². The summed E-state index contributed by atoms with van der Waals surface area (Å²) >= 11 is 1.63. The maximum absolute atomic E-state index is 5.64. The average molecular weight is 313 g/mol. The number of fused-ring (bicyclic) bond motifs is 2. The minimum absolute atomic E-state index is 0.605. The zero-order chi connectivity index (χ0) is 14.9. The summed E-state index contributed by atoms with van der Waals surface area (Å²) in [6.07, 6.45) is 1.62. The highest BCUT2D eigenvalue weighted by Crippen LogP contribution is 2.32. The van der Waals surface area contributed by atoms with Crippen LogP contribution in [0.5, 0.6) is 11.5 Å². The first-order valence-electron chi connectivity index (χ1n) is 7.09. The monoisotopic (exact) mass is 313 g/mol. The average Bonchev–Trinajstić information content (AvgIpc) is 3.03. The van der Waals surface area contributed by atoms with Gasteiger partial charge in [-0.3, -0.25) is 0 Å². The smallest absolute Gasteiger partial charge is 0.161 e.